The molecule has 5 heteroatoms. The van der Waals surface area contributed by atoms with Gasteiger partial charge in [-0.1, -0.05) is 25.5 Å². The van der Waals surface area contributed by atoms with Crippen molar-refractivity contribution >= 4 is 11.6 Å². The topological polar surface area (TPSA) is 61.8 Å². The number of hydrogen-bond donors (Lipinski definition) is 2. The van der Waals surface area contributed by atoms with Crippen molar-refractivity contribution in [2.45, 2.75) is 19.8 Å². The van der Waals surface area contributed by atoms with Crippen molar-refractivity contribution in [2.24, 2.45) is 0 Å². The van der Waals surface area contributed by atoms with Gasteiger partial charge in [0, 0.05) is 25.9 Å². The summed E-state index contributed by atoms with van der Waals surface area (Å²) in [5, 5.41) is 11.9. The highest BCUT2D eigenvalue weighted by Gasteiger charge is 2.10. The second-order valence-corrected chi connectivity index (χ2v) is 4.99. The van der Waals surface area contributed by atoms with Gasteiger partial charge in [-0.05, 0) is 24.1 Å². The Labute approximate surface area is 126 Å². The van der Waals surface area contributed by atoms with Crippen molar-refractivity contribution in [3.8, 4) is 0 Å². The molecule has 1 aromatic carbocycles. The van der Waals surface area contributed by atoms with E-state index in [1.54, 1.807) is 7.11 Å². The molecule has 0 saturated carbocycles. The molecular formula is C16H26N2O3. The van der Waals surface area contributed by atoms with E-state index in [1.165, 1.54) is 5.56 Å². The van der Waals surface area contributed by atoms with Crippen LogP contribution in [0, 0.1) is 0 Å². The van der Waals surface area contributed by atoms with E-state index in [-0.39, 0.29) is 19.1 Å². The molecule has 0 unspecified atom stereocenters. The summed E-state index contributed by atoms with van der Waals surface area (Å²) in [7, 11) is 1.62. The van der Waals surface area contributed by atoms with Gasteiger partial charge in [-0.15, -0.1) is 0 Å². The van der Waals surface area contributed by atoms with Gasteiger partial charge in [-0.25, -0.2) is 0 Å². The predicted molar refractivity (Wildman–Crippen MR) is 84.5 cm³/mol. The molecule has 1 amide bonds. The SMILES string of the molecule is CCCc1ccc(NC(=O)CN(CCO)CCOC)cc1. The molecule has 21 heavy (non-hydrogen) atoms. The zero-order valence-electron chi connectivity index (χ0n) is 13.0. The van der Waals surface area contributed by atoms with E-state index in [0.717, 1.165) is 18.5 Å². The van der Waals surface area contributed by atoms with Crippen LogP contribution in [0.25, 0.3) is 0 Å². The summed E-state index contributed by atoms with van der Waals surface area (Å²) in [6.07, 6.45) is 2.16. The van der Waals surface area contributed by atoms with Crippen molar-refractivity contribution in [1.82, 2.24) is 4.90 Å². The fraction of sp³-hybridized carbons (Fsp3) is 0.562. The molecule has 118 valence electrons. The van der Waals surface area contributed by atoms with Gasteiger partial charge >= 0.3 is 0 Å². The Morgan fingerprint density at radius 1 is 1.29 bits per heavy atom. The first-order chi connectivity index (χ1) is 10.2. The molecule has 1 aromatic rings. The number of aliphatic hydroxyl groups excluding tert-OH is 1. The lowest BCUT2D eigenvalue weighted by Gasteiger charge is -2.20. The minimum Gasteiger partial charge on any atom is -0.395 e. The molecule has 0 saturated heterocycles. The number of methoxy groups -OCH3 is 1. The van der Waals surface area contributed by atoms with Gasteiger partial charge in [0.2, 0.25) is 5.91 Å². The molecule has 2 N–H and O–H groups in total. The van der Waals surface area contributed by atoms with Crippen LogP contribution >= 0.6 is 0 Å². The molecule has 0 bridgehead atoms. The average Bonchev–Trinajstić information content (AvgIpc) is 2.47. The van der Waals surface area contributed by atoms with Gasteiger partial charge in [0.15, 0.2) is 0 Å². The third-order valence-corrected chi connectivity index (χ3v) is 3.17. The van der Waals surface area contributed by atoms with E-state index >= 15 is 0 Å². The highest BCUT2D eigenvalue weighted by atomic mass is 16.5. The summed E-state index contributed by atoms with van der Waals surface area (Å²) in [5.74, 6) is -0.0807. The van der Waals surface area contributed by atoms with Gasteiger partial charge in [0.25, 0.3) is 0 Å². The van der Waals surface area contributed by atoms with Crippen molar-refractivity contribution in [1.29, 1.82) is 0 Å². The molecule has 0 heterocycles. The normalized spacial score (nSPS) is 10.9. The summed E-state index contributed by atoms with van der Waals surface area (Å²) in [6.45, 7) is 4.06. The van der Waals surface area contributed by atoms with Crippen molar-refractivity contribution in [2.75, 3.05) is 45.3 Å². The summed E-state index contributed by atoms with van der Waals surface area (Å²) in [5.41, 5.74) is 2.08. The summed E-state index contributed by atoms with van der Waals surface area (Å²) < 4.78 is 5.00. The lowest BCUT2D eigenvalue weighted by Crippen LogP contribution is -2.37. The molecule has 0 aromatic heterocycles. The van der Waals surface area contributed by atoms with Gasteiger partial charge in [-0.3, -0.25) is 9.69 Å². The molecule has 0 aliphatic heterocycles. The highest BCUT2D eigenvalue weighted by molar-refractivity contribution is 5.92. The van der Waals surface area contributed by atoms with E-state index in [1.807, 2.05) is 29.2 Å². The zero-order valence-corrected chi connectivity index (χ0v) is 13.0. The second-order valence-electron chi connectivity index (χ2n) is 4.99. The molecule has 1 rings (SSSR count). The molecular weight excluding hydrogens is 268 g/mol. The third kappa shape index (κ3) is 7.22. The first-order valence-electron chi connectivity index (χ1n) is 7.40. The Kier molecular flexibility index (Phi) is 8.66. The maximum atomic E-state index is 12.0. The largest absolute Gasteiger partial charge is 0.395 e. The minimum atomic E-state index is -0.0807. The van der Waals surface area contributed by atoms with Crippen LogP contribution in [0.4, 0.5) is 5.69 Å². The fourth-order valence-electron chi connectivity index (χ4n) is 2.08. The smallest absolute Gasteiger partial charge is 0.238 e. The van der Waals surface area contributed by atoms with Crippen LogP contribution in [0.3, 0.4) is 0 Å². The Bertz CT molecular complexity index is 406. The van der Waals surface area contributed by atoms with E-state index in [4.69, 9.17) is 9.84 Å². The van der Waals surface area contributed by atoms with Crippen LogP contribution in [0.15, 0.2) is 24.3 Å². The van der Waals surface area contributed by atoms with Crippen LogP contribution in [0.2, 0.25) is 0 Å². The number of carbonyl (C=O) groups is 1. The number of hydrogen-bond acceptors (Lipinski definition) is 4. The number of anilines is 1. The van der Waals surface area contributed by atoms with Crippen LogP contribution in [-0.4, -0.2) is 55.9 Å². The standard InChI is InChI=1S/C16H26N2O3/c1-3-4-14-5-7-15(8-6-14)17-16(20)13-18(9-11-19)10-12-21-2/h5-8,19H,3-4,9-13H2,1-2H3,(H,17,20). The first kappa shape index (κ1) is 17.6. The molecule has 0 radical (unpaired) electrons. The maximum Gasteiger partial charge on any atom is 0.238 e. The lowest BCUT2D eigenvalue weighted by molar-refractivity contribution is -0.117. The molecule has 0 aliphatic rings. The van der Waals surface area contributed by atoms with Crippen LogP contribution in [0.1, 0.15) is 18.9 Å². The van der Waals surface area contributed by atoms with Crippen molar-refractivity contribution in [3.63, 3.8) is 0 Å². The van der Waals surface area contributed by atoms with Gasteiger partial charge < -0.3 is 15.2 Å². The molecule has 0 aliphatic carbocycles. The van der Waals surface area contributed by atoms with E-state index in [2.05, 4.69) is 12.2 Å². The van der Waals surface area contributed by atoms with E-state index in [0.29, 0.717) is 19.7 Å². The number of benzene rings is 1. The summed E-state index contributed by atoms with van der Waals surface area (Å²) >= 11 is 0. The monoisotopic (exact) mass is 294 g/mol. The number of nitrogens with zero attached hydrogens (tertiary/aromatic N) is 1. The quantitative estimate of drug-likeness (QED) is 0.687. The second kappa shape index (κ2) is 10.3. The van der Waals surface area contributed by atoms with Gasteiger partial charge in [-0.2, -0.15) is 0 Å². The zero-order chi connectivity index (χ0) is 15.5. The third-order valence-electron chi connectivity index (χ3n) is 3.17. The predicted octanol–water partition coefficient (Wildman–Crippen LogP) is 1.52. The number of nitrogens with one attached hydrogen (secondary N) is 1. The fourth-order valence-corrected chi connectivity index (χ4v) is 2.08. The van der Waals surface area contributed by atoms with Crippen LogP contribution in [0.5, 0.6) is 0 Å². The van der Waals surface area contributed by atoms with Crippen molar-refractivity contribution in [3.05, 3.63) is 29.8 Å². The van der Waals surface area contributed by atoms with E-state index in [9.17, 15) is 4.79 Å². The average molecular weight is 294 g/mol. The number of carbonyl (C=O) groups excluding carboxylic acids is 1. The first-order valence-corrected chi connectivity index (χ1v) is 7.40. The van der Waals surface area contributed by atoms with Gasteiger partial charge in [0.05, 0.1) is 19.8 Å². The minimum absolute atomic E-state index is 0.0305. The lowest BCUT2D eigenvalue weighted by atomic mass is 10.1. The molecule has 0 spiro atoms. The van der Waals surface area contributed by atoms with Crippen LogP contribution in [-0.2, 0) is 16.0 Å². The number of ether oxygens (including phenoxy) is 1. The van der Waals surface area contributed by atoms with Crippen LogP contribution < -0.4 is 5.32 Å². The highest BCUT2D eigenvalue weighted by Crippen LogP contribution is 2.11. The van der Waals surface area contributed by atoms with Gasteiger partial charge in [0.1, 0.15) is 0 Å². The number of aryl methyl sites for hydroxylation is 1. The molecule has 5 nitrogen and oxygen atoms in total. The van der Waals surface area contributed by atoms with Crippen molar-refractivity contribution < 1.29 is 14.6 Å². The number of aliphatic hydroxyl groups is 1. The summed E-state index contributed by atoms with van der Waals surface area (Å²) in [6, 6.07) is 7.92. The number of amides is 1. The Morgan fingerprint density at radius 3 is 2.57 bits per heavy atom. The molecule has 0 atom stereocenters. The Balaban J connectivity index is 2.46. The Morgan fingerprint density at radius 2 is 2.00 bits per heavy atom. The Hall–Kier alpha value is -1.43. The van der Waals surface area contributed by atoms with E-state index < -0.39 is 0 Å². The number of rotatable bonds is 10. The molecule has 0 fully saturated rings. The summed E-state index contributed by atoms with van der Waals surface area (Å²) in [4.78, 5) is 13.9. The maximum absolute atomic E-state index is 12.0.